The molecule has 8 heteroatoms. The van der Waals surface area contributed by atoms with Gasteiger partial charge in [-0.25, -0.2) is 4.98 Å². The molecule has 152 valence electrons. The summed E-state index contributed by atoms with van der Waals surface area (Å²) in [6.07, 6.45) is 0.618. The number of nitrogens with one attached hydrogen (secondary N) is 3. The van der Waals surface area contributed by atoms with Crippen LogP contribution in [0.4, 0.5) is 5.95 Å². The maximum absolute atomic E-state index is 12.8. The van der Waals surface area contributed by atoms with Crippen LogP contribution in [-0.4, -0.2) is 38.6 Å². The molecule has 1 fully saturated rings. The van der Waals surface area contributed by atoms with Crippen LogP contribution in [0.25, 0.3) is 11.0 Å². The highest BCUT2D eigenvalue weighted by molar-refractivity contribution is 6.05. The number of carbonyl (C=O) groups excluding carboxylic acids is 3. The Morgan fingerprint density at radius 2 is 2.03 bits per heavy atom. The van der Waals surface area contributed by atoms with Crippen molar-refractivity contribution in [3.63, 3.8) is 0 Å². The average molecular weight is 403 g/mol. The number of imide groups is 1. The molecule has 0 bridgehead atoms. The molecule has 2 aliphatic rings. The van der Waals surface area contributed by atoms with Crippen LogP contribution in [0.2, 0.25) is 0 Å². The van der Waals surface area contributed by atoms with Crippen molar-refractivity contribution in [1.82, 2.24) is 20.2 Å². The zero-order chi connectivity index (χ0) is 20.8. The molecule has 1 saturated heterocycles. The van der Waals surface area contributed by atoms with Gasteiger partial charge in [-0.1, -0.05) is 18.2 Å². The molecule has 2 aliphatic heterocycles. The molecule has 3 N–H and O–H groups in total. The van der Waals surface area contributed by atoms with Crippen molar-refractivity contribution in [3.05, 3.63) is 58.7 Å². The van der Waals surface area contributed by atoms with Crippen LogP contribution in [0, 0.1) is 6.92 Å². The molecular formula is C22H21N5O3. The summed E-state index contributed by atoms with van der Waals surface area (Å²) in [5, 5.41) is 5.62. The largest absolute Gasteiger partial charge is 0.352 e. The van der Waals surface area contributed by atoms with Gasteiger partial charge in [-0.15, -0.1) is 0 Å². The van der Waals surface area contributed by atoms with Crippen LogP contribution in [0.5, 0.6) is 0 Å². The topological polar surface area (TPSA) is 107 Å². The van der Waals surface area contributed by atoms with Gasteiger partial charge in [0.1, 0.15) is 6.04 Å². The van der Waals surface area contributed by atoms with Gasteiger partial charge < -0.3 is 15.2 Å². The number of aromatic nitrogens is 2. The lowest BCUT2D eigenvalue weighted by atomic mass is 10.0. The molecule has 3 heterocycles. The van der Waals surface area contributed by atoms with E-state index < -0.39 is 11.9 Å². The van der Waals surface area contributed by atoms with E-state index in [1.54, 1.807) is 4.90 Å². The third-order valence-electron chi connectivity index (χ3n) is 5.69. The highest BCUT2D eigenvalue weighted by Crippen LogP contribution is 2.28. The average Bonchev–Trinajstić information content (AvgIpc) is 3.26. The molecule has 5 rings (SSSR count). The SMILES string of the molecule is Cc1ccc2nc(NCc3ccc4c(c3)CN(C3CCC(=O)NC3=O)C4=O)[nH]c2c1. The molecule has 0 aliphatic carbocycles. The van der Waals surface area contributed by atoms with Crippen LogP contribution in [0.15, 0.2) is 36.4 Å². The van der Waals surface area contributed by atoms with E-state index in [9.17, 15) is 14.4 Å². The van der Waals surface area contributed by atoms with Crippen LogP contribution in [0.3, 0.4) is 0 Å². The Morgan fingerprint density at radius 1 is 1.17 bits per heavy atom. The van der Waals surface area contributed by atoms with E-state index in [0.717, 1.165) is 22.2 Å². The van der Waals surface area contributed by atoms with Crippen LogP contribution < -0.4 is 10.6 Å². The second-order valence-corrected chi connectivity index (χ2v) is 7.85. The standard InChI is InChI=1S/C22H21N5O3/c1-12-2-5-16-17(8-12)25-22(24-16)23-10-13-3-4-15-14(9-13)11-27(21(15)30)18-6-7-19(28)26-20(18)29/h2-5,8-9,18H,6-7,10-11H2,1H3,(H2,23,24,25)(H,26,28,29). The first-order valence-corrected chi connectivity index (χ1v) is 9.94. The Hall–Kier alpha value is -3.68. The molecule has 2 aromatic carbocycles. The van der Waals surface area contributed by atoms with Crippen LogP contribution in [-0.2, 0) is 22.7 Å². The van der Waals surface area contributed by atoms with Gasteiger partial charge in [0.2, 0.25) is 17.8 Å². The molecule has 1 aromatic heterocycles. The first-order valence-electron chi connectivity index (χ1n) is 9.94. The van der Waals surface area contributed by atoms with Gasteiger partial charge in [-0.3, -0.25) is 19.7 Å². The maximum Gasteiger partial charge on any atom is 0.255 e. The summed E-state index contributed by atoms with van der Waals surface area (Å²) < 4.78 is 0. The van der Waals surface area contributed by atoms with Gasteiger partial charge in [0.15, 0.2) is 0 Å². The molecule has 8 nitrogen and oxygen atoms in total. The summed E-state index contributed by atoms with van der Waals surface area (Å²) in [4.78, 5) is 45.7. The predicted molar refractivity (Wildman–Crippen MR) is 111 cm³/mol. The highest BCUT2D eigenvalue weighted by Gasteiger charge is 2.38. The first kappa shape index (κ1) is 18.4. The number of aryl methyl sites for hydroxylation is 1. The number of rotatable bonds is 4. The Kier molecular flexibility index (Phi) is 4.27. The summed E-state index contributed by atoms with van der Waals surface area (Å²) >= 11 is 0. The van der Waals surface area contributed by atoms with Crippen molar-refractivity contribution in [2.45, 2.75) is 38.9 Å². The van der Waals surface area contributed by atoms with Gasteiger partial charge in [0.25, 0.3) is 5.91 Å². The molecule has 1 unspecified atom stereocenters. The molecule has 0 spiro atoms. The number of H-pyrrole nitrogens is 1. The van der Waals surface area contributed by atoms with Gasteiger partial charge in [0, 0.05) is 25.1 Å². The van der Waals surface area contributed by atoms with E-state index in [1.165, 1.54) is 5.56 Å². The highest BCUT2D eigenvalue weighted by atomic mass is 16.2. The first-order chi connectivity index (χ1) is 14.5. The second-order valence-electron chi connectivity index (χ2n) is 7.85. The van der Waals surface area contributed by atoms with Crippen molar-refractivity contribution < 1.29 is 14.4 Å². The number of carbonyl (C=O) groups is 3. The number of imidazole rings is 1. The quantitative estimate of drug-likeness (QED) is 0.579. The number of piperidine rings is 1. The number of hydrogen-bond donors (Lipinski definition) is 3. The van der Waals surface area contributed by atoms with Gasteiger partial charge in [-0.2, -0.15) is 0 Å². The fraction of sp³-hybridized carbons (Fsp3) is 0.273. The Labute approximate surface area is 172 Å². The maximum atomic E-state index is 12.8. The normalized spacial score (nSPS) is 18.6. The van der Waals surface area contributed by atoms with Crippen molar-refractivity contribution in [3.8, 4) is 0 Å². The molecular weight excluding hydrogens is 382 g/mol. The summed E-state index contributed by atoms with van der Waals surface area (Å²) in [5.41, 5.74) is 5.58. The lowest BCUT2D eigenvalue weighted by molar-refractivity contribution is -0.136. The number of fused-ring (bicyclic) bond motifs is 2. The number of aromatic amines is 1. The van der Waals surface area contributed by atoms with Crippen molar-refractivity contribution in [2.75, 3.05) is 5.32 Å². The minimum Gasteiger partial charge on any atom is -0.352 e. The number of hydrogen-bond acceptors (Lipinski definition) is 5. The Morgan fingerprint density at radius 3 is 2.87 bits per heavy atom. The van der Waals surface area contributed by atoms with E-state index in [2.05, 4.69) is 26.7 Å². The van der Waals surface area contributed by atoms with Gasteiger partial charge in [0.05, 0.1) is 11.0 Å². The van der Waals surface area contributed by atoms with Crippen LogP contribution in [0.1, 0.15) is 39.9 Å². The Bertz CT molecular complexity index is 1200. The molecule has 0 saturated carbocycles. The molecule has 0 radical (unpaired) electrons. The third-order valence-corrected chi connectivity index (χ3v) is 5.69. The van der Waals surface area contributed by atoms with Gasteiger partial charge >= 0.3 is 0 Å². The van der Waals surface area contributed by atoms with E-state index in [1.807, 2.05) is 37.3 Å². The lowest BCUT2D eigenvalue weighted by Gasteiger charge is -2.29. The minimum absolute atomic E-state index is 0.160. The molecule has 3 aromatic rings. The minimum atomic E-state index is -0.594. The summed E-state index contributed by atoms with van der Waals surface area (Å²) in [6.45, 7) is 2.97. The summed E-state index contributed by atoms with van der Waals surface area (Å²) in [7, 11) is 0. The monoisotopic (exact) mass is 403 g/mol. The van der Waals surface area contributed by atoms with E-state index in [0.29, 0.717) is 31.0 Å². The fourth-order valence-electron chi connectivity index (χ4n) is 4.13. The van der Waals surface area contributed by atoms with Crippen molar-refractivity contribution >= 4 is 34.7 Å². The smallest absolute Gasteiger partial charge is 0.255 e. The number of nitrogens with zero attached hydrogens (tertiary/aromatic N) is 2. The molecule has 1 atom stereocenters. The van der Waals surface area contributed by atoms with E-state index in [-0.39, 0.29) is 18.2 Å². The number of anilines is 1. The van der Waals surface area contributed by atoms with Crippen molar-refractivity contribution in [2.24, 2.45) is 0 Å². The zero-order valence-corrected chi connectivity index (χ0v) is 16.5. The van der Waals surface area contributed by atoms with E-state index >= 15 is 0 Å². The second kappa shape index (κ2) is 6.98. The van der Waals surface area contributed by atoms with Crippen molar-refractivity contribution in [1.29, 1.82) is 0 Å². The van der Waals surface area contributed by atoms with E-state index in [4.69, 9.17) is 0 Å². The molecule has 30 heavy (non-hydrogen) atoms. The predicted octanol–water partition coefficient (Wildman–Crippen LogP) is 2.24. The third kappa shape index (κ3) is 3.20. The van der Waals surface area contributed by atoms with Crippen LogP contribution >= 0.6 is 0 Å². The number of amides is 3. The summed E-state index contributed by atoms with van der Waals surface area (Å²) in [6, 6.07) is 11.2. The summed E-state index contributed by atoms with van der Waals surface area (Å²) in [5.74, 6) is -0.145. The Balaban J connectivity index is 1.30. The number of benzene rings is 2. The fourth-order valence-corrected chi connectivity index (χ4v) is 4.13. The lowest BCUT2D eigenvalue weighted by Crippen LogP contribution is -2.52. The molecule has 3 amide bonds. The zero-order valence-electron chi connectivity index (χ0n) is 16.5. The van der Waals surface area contributed by atoms with Gasteiger partial charge in [-0.05, 0) is 48.2 Å².